The first-order chi connectivity index (χ1) is 11.5. The SMILES string of the molecule is Cc1ccc(N(c2ccc(C)cc2)c2cc(C)c(C)cc2C)cc1. The molecular formula is C23H25N. The molecule has 0 aliphatic carbocycles. The van der Waals surface area contributed by atoms with Gasteiger partial charge in [0.15, 0.2) is 0 Å². The van der Waals surface area contributed by atoms with E-state index >= 15 is 0 Å². The second kappa shape index (κ2) is 6.52. The van der Waals surface area contributed by atoms with E-state index in [4.69, 9.17) is 0 Å². The lowest BCUT2D eigenvalue weighted by Crippen LogP contribution is -2.12. The fraction of sp³-hybridized carbons (Fsp3) is 0.217. The average molecular weight is 315 g/mol. The third-order valence-corrected chi connectivity index (χ3v) is 4.64. The molecule has 0 aliphatic rings. The monoisotopic (exact) mass is 315 g/mol. The highest BCUT2D eigenvalue weighted by Gasteiger charge is 2.15. The van der Waals surface area contributed by atoms with E-state index in [1.807, 2.05) is 0 Å². The van der Waals surface area contributed by atoms with Crippen LogP contribution in [0, 0.1) is 34.6 Å². The highest BCUT2D eigenvalue weighted by molar-refractivity contribution is 5.79. The standard InChI is InChI=1S/C23H25N/c1-16-6-10-21(11-7-16)24(22-12-8-17(2)9-13-22)23-15-19(4)18(3)14-20(23)5/h6-15H,1-5H3. The van der Waals surface area contributed by atoms with E-state index in [-0.39, 0.29) is 0 Å². The van der Waals surface area contributed by atoms with Gasteiger partial charge in [-0.1, -0.05) is 41.5 Å². The molecular weight excluding hydrogens is 290 g/mol. The van der Waals surface area contributed by atoms with Crippen LogP contribution in [0.15, 0.2) is 60.7 Å². The van der Waals surface area contributed by atoms with Gasteiger partial charge >= 0.3 is 0 Å². The maximum atomic E-state index is 2.35. The maximum Gasteiger partial charge on any atom is 0.0493 e. The van der Waals surface area contributed by atoms with Crippen molar-refractivity contribution in [3.05, 3.63) is 88.5 Å². The molecule has 0 bridgehead atoms. The quantitative estimate of drug-likeness (QED) is 0.520. The topological polar surface area (TPSA) is 3.24 Å². The van der Waals surface area contributed by atoms with Crippen LogP contribution in [0.3, 0.4) is 0 Å². The summed E-state index contributed by atoms with van der Waals surface area (Å²) < 4.78 is 0. The van der Waals surface area contributed by atoms with Crippen LogP contribution in [0.25, 0.3) is 0 Å². The zero-order chi connectivity index (χ0) is 17.3. The third-order valence-electron chi connectivity index (χ3n) is 4.64. The minimum atomic E-state index is 1.19. The van der Waals surface area contributed by atoms with Gasteiger partial charge in [-0.25, -0.2) is 0 Å². The molecule has 0 amide bonds. The molecule has 0 atom stereocenters. The molecule has 24 heavy (non-hydrogen) atoms. The maximum absolute atomic E-state index is 2.35. The Morgan fingerprint density at radius 2 is 0.917 bits per heavy atom. The summed E-state index contributed by atoms with van der Waals surface area (Å²) in [6.07, 6.45) is 0. The van der Waals surface area contributed by atoms with Crippen molar-refractivity contribution in [3.8, 4) is 0 Å². The van der Waals surface area contributed by atoms with E-state index in [2.05, 4.69) is 100 Å². The molecule has 0 spiro atoms. The fourth-order valence-electron chi connectivity index (χ4n) is 3.00. The van der Waals surface area contributed by atoms with E-state index < -0.39 is 0 Å². The molecule has 0 saturated carbocycles. The fourth-order valence-corrected chi connectivity index (χ4v) is 3.00. The van der Waals surface area contributed by atoms with Crippen molar-refractivity contribution in [1.82, 2.24) is 0 Å². The van der Waals surface area contributed by atoms with Gasteiger partial charge in [-0.05, 0) is 81.6 Å². The van der Waals surface area contributed by atoms with Crippen molar-refractivity contribution >= 4 is 17.1 Å². The van der Waals surface area contributed by atoms with Crippen molar-refractivity contribution in [2.75, 3.05) is 4.90 Å². The Morgan fingerprint density at radius 1 is 0.500 bits per heavy atom. The summed E-state index contributed by atoms with van der Waals surface area (Å²) in [5.41, 5.74) is 10.1. The first kappa shape index (κ1) is 16.3. The average Bonchev–Trinajstić information content (AvgIpc) is 2.56. The molecule has 122 valence electrons. The summed E-state index contributed by atoms with van der Waals surface area (Å²) in [5, 5.41) is 0. The molecule has 1 nitrogen and oxygen atoms in total. The number of anilines is 3. The minimum Gasteiger partial charge on any atom is -0.310 e. The van der Waals surface area contributed by atoms with E-state index in [1.165, 1.54) is 44.9 Å². The summed E-state index contributed by atoms with van der Waals surface area (Å²) in [6.45, 7) is 10.8. The molecule has 0 heterocycles. The number of rotatable bonds is 3. The van der Waals surface area contributed by atoms with Crippen LogP contribution in [-0.2, 0) is 0 Å². The molecule has 0 aromatic heterocycles. The molecule has 3 aromatic rings. The van der Waals surface area contributed by atoms with Crippen LogP contribution in [0.2, 0.25) is 0 Å². The Balaban J connectivity index is 2.20. The Kier molecular flexibility index (Phi) is 4.44. The van der Waals surface area contributed by atoms with Crippen LogP contribution < -0.4 is 4.90 Å². The van der Waals surface area contributed by atoms with E-state index in [9.17, 15) is 0 Å². The molecule has 1 heteroatoms. The van der Waals surface area contributed by atoms with Crippen molar-refractivity contribution < 1.29 is 0 Å². The predicted molar refractivity (Wildman–Crippen MR) is 105 cm³/mol. The highest BCUT2D eigenvalue weighted by atomic mass is 15.1. The van der Waals surface area contributed by atoms with Crippen LogP contribution in [-0.4, -0.2) is 0 Å². The van der Waals surface area contributed by atoms with Gasteiger partial charge in [-0.3, -0.25) is 0 Å². The van der Waals surface area contributed by atoms with E-state index in [0.717, 1.165) is 0 Å². The second-order valence-electron chi connectivity index (χ2n) is 6.73. The summed E-state index contributed by atoms with van der Waals surface area (Å²) in [4.78, 5) is 2.35. The zero-order valence-corrected chi connectivity index (χ0v) is 15.2. The van der Waals surface area contributed by atoms with Crippen LogP contribution >= 0.6 is 0 Å². The molecule has 0 saturated heterocycles. The van der Waals surface area contributed by atoms with Gasteiger partial charge in [0.05, 0.1) is 0 Å². The Labute approximate surface area is 145 Å². The third kappa shape index (κ3) is 3.21. The predicted octanol–water partition coefficient (Wildman–Crippen LogP) is 6.70. The van der Waals surface area contributed by atoms with Crippen molar-refractivity contribution in [1.29, 1.82) is 0 Å². The van der Waals surface area contributed by atoms with Crippen molar-refractivity contribution in [2.45, 2.75) is 34.6 Å². The second-order valence-corrected chi connectivity index (χ2v) is 6.73. The Bertz CT molecular complexity index is 797. The zero-order valence-electron chi connectivity index (χ0n) is 15.2. The van der Waals surface area contributed by atoms with Gasteiger partial charge in [0, 0.05) is 17.1 Å². The van der Waals surface area contributed by atoms with Crippen molar-refractivity contribution in [3.63, 3.8) is 0 Å². The lowest BCUT2D eigenvalue weighted by molar-refractivity contribution is 1.21. The molecule has 0 fully saturated rings. The first-order valence-electron chi connectivity index (χ1n) is 8.47. The number of hydrogen-bond acceptors (Lipinski definition) is 1. The van der Waals surface area contributed by atoms with Crippen molar-refractivity contribution in [2.24, 2.45) is 0 Å². The lowest BCUT2D eigenvalue weighted by Gasteiger charge is -2.28. The van der Waals surface area contributed by atoms with Gasteiger partial charge in [0.25, 0.3) is 0 Å². The van der Waals surface area contributed by atoms with Gasteiger partial charge in [0.2, 0.25) is 0 Å². The van der Waals surface area contributed by atoms with Crippen LogP contribution in [0.1, 0.15) is 27.8 Å². The number of hydrogen-bond donors (Lipinski definition) is 0. The molecule has 3 rings (SSSR count). The first-order valence-corrected chi connectivity index (χ1v) is 8.47. The van der Waals surface area contributed by atoms with E-state index in [0.29, 0.717) is 0 Å². The van der Waals surface area contributed by atoms with E-state index in [1.54, 1.807) is 0 Å². The molecule has 0 unspecified atom stereocenters. The molecule has 0 N–H and O–H groups in total. The number of benzene rings is 3. The summed E-state index contributed by atoms with van der Waals surface area (Å²) in [7, 11) is 0. The van der Waals surface area contributed by atoms with Crippen LogP contribution in [0.4, 0.5) is 17.1 Å². The molecule has 0 radical (unpaired) electrons. The number of aryl methyl sites for hydroxylation is 5. The van der Waals surface area contributed by atoms with Gasteiger partial charge in [0.1, 0.15) is 0 Å². The van der Waals surface area contributed by atoms with Gasteiger partial charge in [-0.2, -0.15) is 0 Å². The minimum absolute atomic E-state index is 1.19. The lowest BCUT2D eigenvalue weighted by atomic mass is 10.0. The number of nitrogens with zero attached hydrogens (tertiary/aromatic N) is 1. The smallest absolute Gasteiger partial charge is 0.0493 e. The summed E-state index contributed by atoms with van der Waals surface area (Å²) in [6, 6.07) is 22.1. The molecule has 0 aliphatic heterocycles. The van der Waals surface area contributed by atoms with Gasteiger partial charge in [-0.15, -0.1) is 0 Å². The highest BCUT2D eigenvalue weighted by Crippen LogP contribution is 2.37. The molecule has 3 aromatic carbocycles. The van der Waals surface area contributed by atoms with Crippen LogP contribution in [0.5, 0.6) is 0 Å². The normalized spacial score (nSPS) is 10.7. The Hall–Kier alpha value is -2.54. The summed E-state index contributed by atoms with van der Waals surface area (Å²) in [5.74, 6) is 0. The largest absolute Gasteiger partial charge is 0.310 e. The summed E-state index contributed by atoms with van der Waals surface area (Å²) >= 11 is 0. The van der Waals surface area contributed by atoms with Gasteiger partial charge < -0.3 is 4.90 Å². The Morgan fingerprint density at radius 3 is 1.38 bits per heavy atom.